The van der Waals surface area contributed by atoms with Crippen LogP contribution in [0.15, 0.2) is 91.0 Å². The van der Waals surface area contributed by atoms with Crippen molar-refractivity contribution in [3.05, 3.63) is 108 Å². The Hall–Kier alpha value is -2.58. The van der Waals surface area contributed by atoms with Gasteiger partial charge in [-0.05, 0) is 0 Å². The van der Waals surface area contributed by atoms with Gasteiger partial charge in [0.25, 0.3) is 0 Å². The molecule has 3 aromatic carbocycles. The van der Waals surface area contributed by atoms with Crippen molar-refractivity contribution >= 4 is 0 Å². The predicted molar refractivity (Wildman–Crippen MR) is 139 cm³/mol. The molecule has 0 unspecified atom stereocenters. The Morgan fingerprint density at radius 1 is 0.595 bits per heavy atom. The summed E-state index contributed by atoms with van der Waals surface area (Å²) in [6.45, 7) is 7.25. The van der Waals surface area contributed by atoms with E-state index in [0.717, 1.165) is 16.7 Å². The highest BCUT2D eigenvalue weighted by atomic mass is 16.7. The standard InChI is InChI=1S/C31H36O6/c1-30(18-32-27(33-19-30)24-12-6-3-7-13-24)22-36-29(26-16-10-5-11-17-26)37-23-31(2)20-34-28(35-21-31)25-14-8-4-9-15-25/h3-17,27-29H,18-23H2,1-2H3. The topological polar surface area (TPSA) is 55.4 Å². The van der Waals surface area contributed by atoms with E-state index in [1.165, 1.54) is 0 Å². The quantitative estimate of drug-likeness (QED) is 0.323. The number of benzene rings is 3. The minimum Gasteiger partial charge on any atom is -0.348 e. The fraction of sp³-hybridized carbons (Fsp3) is 0.419. The van der Waals surface area contributed by atoms with Crippen LogP contribution in [-0.2, 0) is 28.4 Å². The smallest absolute Gasteiger partial charge is 0.183 e. The minimum absolute atomic E-state index is 0.286. The van der Waals surface area contributed by atoms with Gasteiger partial charge in [0.2, 0.25) is 0 Å². The lowest BCUT2D eigenvalue weighted by Crippen LogP contribution is -2.42. The molecule has 2 saturated heterocycles. The lowest BCUT2D eigenvalue weighted by atomic mass is 9.93. The van der Waals surface area contributed by atoms with Crippen LogP contribution in [0.4, 0.5) is 0 Å². The maximum absolute atomic E-state index is 6.37. The van der Waals surface area contributed by atoms with Crippen LogP contribution in [0.3, 0.4) is 0 Å². The largest absolute Gasteiger partial charge is 0.348 e. The summed E-state index contributed by atoms with van der Waals surface area (Å²) in [4.78, 5) is 0. The number of ether oxygens (including phenoxy) is 6. The van der Waals surface area contributed by atoms with E-state index in [2.05, 4.69) is 13.8 Å². The molecule has 0 spiro atoms. The second-order valence-corrected chi connectivity index (χ2v) is 10.7. The van der Waals surface area contributed by atoms with E-state index in [1.54, 1.807) is 0 Å². The molecular weight excluding hydrogens is 468 g/mol. The van der Waals surface area contributed by atoms with Gasteiger partial charge in [0.05, 0.1) is 39.6 Å². The van der Waals surface area contributed by atoms with E-state index in [1.807, 2.05) is 91.0 Å². The molecule has 0 aromatic heterocycles. The zero-order valence-electron chi connectivity index (χ0n) is 21.6. The van der Waals surface area contributed by atoms with Gasteiger partial charge in [0, 0.05) is 27.5 Å². The Bertz CT molecular complexity index is 1000. The molecule has 0 bridgehead atoms. The molecule has 0 N–H and O–H groups in total. The molecule has 0 saturated carbocycles. The van der Waals surface area contributed by atoms with Crippen molar-refractivity contribution in [1.82, 2.24) is 0 Å². The molecule has 6 heteroatoms. The Kier molecular flexibility index (Phi) is 8.35. The van der Waals surface area contributed by atoms with Gasteiger partial charge in [-0.1, -0.05) is 105 Å². The minimum atomic E-state index is -0.520. The van der Waals surface area contributed by atoms with E-state index in [9.17, 15) is 0 Å². The molecular formula is C31H36O6. The fourth-order valence-electron chi connectivity index (χ4n) is 4.46. The molecule has 6 nitrogen and oxygen atoms in total. The van der Waals surface area contributed by atoms with Crippen molar-refractivity contribution in [2.24, 2.45) is 10.8 Å². The predicted octanol–water partition coefficient (Wildman–Crippen LogP) is 6.22. The molecule has 2 aliphatic heterocycles. The highest BCUT2D eigenvalue weighted by Gasteiger charge is 2.37. The Labute approximate surface area is 219 Å². The van der Waals surface area contributed by atoms with Gasteiger partial charge in [0.1, 0.15) is 0 Å². The van der Waals surface area contributed by atoms with E-state index >= 15 is 0 Å². The highest BCUT2D eigenvalue weighted by Crippen LogP contribution is 2.35. The van der Waals surface area contributed by atoms with Crippen LogP contribution >= 0.6 is 0 Å². The van der Waals surface area contributed by atoms with Crippen molar-refractivity contribution in [3.63, 3.8) is 0 Å². The van der Waals surface area contributed by atoms with E-state index in [4.69, 9.17) is 28.4 Å². The van der Waals surface area contributed by atoms with Gasteiger partial charge in [-0.15, -0.1) is 0 Å². The van der Waals surface area contributed by atoms with Crippen LogP contribution in [-0.4, -0.2) is 39.6 Å². The van der Waals surface area contributed by atoms with Gasteiger partial charge >= 0.3 is 0 Å². The van der Waals surface area contributed by atoms with Crippen LogP contribution in [0, 0.1) is 10.8 Å². The maximum Gasteiger partial charge on any atom is 0.183 e. The Balaban J connectivity index is 1.16. The Morgan fingerprint density at radius 3 is 1.32 bits per heavy atom. The highest BCUT2D eigenvalue weighted by molar-refractivity contribution is 5.18. The second kappa shape index (κ2) is 11.9. The molecule has 0 amide bonds. The first-order chi connectivity index (χ1) is 18.0. The summed E-state index contributed by atoms with van der Waals surface area (Å²) in [5.41, 5.74) is 2.44. The van der Waals surface area contributed by atoms with Gasteiger partial charge < -0.3 is 28.4 Å². The number of hydrogen-bond donors (Lipinski definition) is 0. The molecule has 2 fully saturated rings. The van der Waals surface area contributed by atoms with E-state index in [-0.39, 0.29) is 23.4 Å². The molecule has 2 aliphatic rings. The van der Waals surface area contributed by atoms with Gasteiger partial charge in [-0.2, -0.15) is 0 Å². The average Bonchev–Trinajstić information content (AvgIpc) is 2.95. The van der Waals surface area contributed by atoms with Crippen molar-refractivity contribution < 1.29 is 28.4 Å². The summed E-state index contributed by atoms with van der Waals surface area (Å²) >= 11 is 0. The summed E-state index contributed by atoms with van der Waals surface area (Å²) in [6.07, 6.45) is -1.21. The van der Waals surface area contributed by atoms with E-state index in [0.29, 0.717) is 39.6 Å². The normalized spacial score (nSPS) is 29.0. The van der Waals surface area contributed by atoms with Crippen LogP contribution in [0.5, 0.6) is 0 Å². The SMILES string of the molecule is CC1(COC(OCC2(C)COC(c3ccccc3)OC2)c2ccccc2)COC(c2ccccc2)OC1. The third-order valence-electron chi connectivity index (χ3n) is 6.71. The lowest BCUT2D eigenvalue weighted by molar-refractivity contribution is -0.269. The van der Waals surface area contributed by atoms with Crippen molar-refractivity contribution in [1.29, 1.82) is 0 Å². The average molecular weight is 505 g/mol. The summed E-state index contributed by atoms with van der Waals surface area (Å²) in [6, 6.07) is 30.0. The number of rotatable bonds is 9. The molecule has 37 heavy (non-hydrogen) atoms. The molecule has 0 atom stereocenters. The zero-order valence-corrected chi connectivity index (χ0v) is 21.6. The van der Waals surface area contributed by atoms with E-state index < -0.39 is 6.29 Å². The van der Waals surface area contributed by atoms with Gasteiger partial charge in [-0.25, -0.2) is 0 Å². The van der Waals surface area contributed by atoms with Crippen molar-refractivity contribution in [2.45, 2.75) is 32.7 Å². The molecule has 0 radical (unpaired) electrons. The monoisotopic (exact) mass is 504 g/mol. The molecule has 2 heterocycles. The molecule has 196 valence electrons. The first kappa shape index (κ1) is 26.0. The number of hydrogen-bond acceptors (Lipinski definition) is 6. The van der Waals surface area contributed by atoms with Crippen LogP contribution in [0.25, 0.3) is 0 Å². The van der Waals surface area contributed by atoms with Crippen LogP contribution < -0.4 is 0 Å². The zero-order chi connectivity index (χ0) is 25.6. The summed E-state index contributed by atoms with van der Waals surface area (Å²) < 4.78 is 37.0. The Morgan fingerprint density at radius 2 is 0.946 bits per heavy atom. The first-order valence-corrected chi connectivity index (χ1v) is 12.9. The summed E-state index contributed by atoms with van der Waals surface area (Å²) in [5.74, 6) is 0. The first-order valence-electron chi connectivity index (χ1n) is 12.9. The molecule has 3 aromatic rings. The third kappa shape index (κ3) is 6.85. The summed E-state index contributed by atoms with van der Waals surface area (Å²) in [7, 11) is 0. The second-order valence-electron chi connectivity index (χ2n) is 10.7. The van der Waals surface area contributed by atoms with Crippen molar-refractivity contribution in [2.75, 3.05) is 39.6 Å². The maximum atomic E-state index is 6.37. The third-order valence-corrected chi connectivity index (χ3v) is 6.71. The van der Waals surface area contributed by atoms with Gasteiger partial charge in [0.15, 0.2) is 18.9 Å². The van der Waals surface area contributed by atoms with Crippen LogP contribution in [0.2, 0.25) is 0 Å². The fourth-order valence-corrected chi connectivity index (χ4v) is 4.46. The van der Waals surface area contributed by atoms with Gasteiger partial charge in [-0.3, -0.25) is 0 Å². The van der Waals surface area contributed by atoms with Crippen LogP contribution in [0.1, 0.15) is 49.4 Å². The summed E-state index contributed by atoms with van der Waals surface area (Å²) in [5, 5.41) is 0. The van der Waals surface area contributed by atoms with Crippen molar-refractivity contribution in [3.8, 4) is 0 Å². The molecule has 0 aliphatic carbocycles. The lowest BCUT2D eigenvalue weighted by Gasteiger charge is -2.39. The molecule has 5 rings (SSSR count).